The summed E-state index contributed by atoms with van der Waals surface area (Å²) in [7, 11) is 0. The normalized spacial score (nSPS) is 14.9. The molecule has 7 heteroatoms. The van der Waals surface area contributed by atoms with Crippen LogP contribution in [-0.4, -0.2) is 37.1 Å². The number of likely N-dealkylation sites (tertiary alicyclic amines) is 1. The number of para-hydroxylation sites is 1. The van der Waals surface area contributed by atoms with Gasteiger partial charge >= 0.3 is 6.61 Å². The number of ether oxygens (including phenoxy) is 1. The predicted octanol–water partition coefficient (Wildman–Crippen LogP) is 3.47. The van der Waals surface area contributed by atoms with Gasteiger partial charge in [-0.25, -0.2) is 4.99 Å². The monoisotopic (exact) mass is 425 g/mol. The zero-order valence-electron chi connectivity index (χ0n) is 12.6. The van der Waals surface area contributed by atoms with Crippen molar-refractivity contribution >= 4 is 29.9 Å². The maximum atomic E-state index is 12.4. The average molecular weight is 425 g/mol. The van der Waals surface area contributed by atoms with Crippen LogP contribution in [0.5, 0.6) is 5.75 Å². The molecule has 1 aliphatic rings. The molecule has 1 aromatic carbocycles. The molecule has 1 saturated heterocycles. The maximum Gasteiger partial charge on any atom is 0.387 e. The summed E-state index contributed by atoms with van der Waals surface area (Å²) in [6, 6.07) is 6.77. The third-order valence-corrected chi connectivity index (χ3v) is 3.33. The van der Waals surface area contributed by atoms with Gasteiger partial charge in [-0.1, -0.05) is 18.2 Å². The molecule has 0 aliphatic carbocycles. The number of aliphatic imine (C=N–C) groups is 1. The van der Waals surface area contributed by atoms with Crippen molar-refractivity contribution in [2.24, 2.45) is 4.99 Å². The summed E-state index contributed by atoms with van der Waals surface area (Å²) in [6.45, 7) is 2.27. The molecule has 0 amide bonds. The molecule has 1 aromatic rings. The van der Waals surface area contributed by atoms with E-state index in [9.17, 15) is 8.78 Å². The van der Waals surface area contributed by atoms with E-state index < -0.39 is 6.61 Å². The number of hydrogen-bond acceptors (Lipinski definition) is 2. The van der Waals surface area contributed by atoms with Crippen LogP contribution in [0.4, 0.5) is 8.78 Å². The zero-order chi connectivity index (χ0) is 15.1. The highest BCUT2D eigenvalue weighted by atomic mass is 127. The predicted molar refractivity (Wildman–Crippen MR) is 94.1 cm³/mol. The molecule has 0 saturated carbocycles. The lowest BCUT2D eigenvalue weighted by atomic mass is 10.2. The lowest BCUT2D eigenvalue weighted by Crippen LogP contribution is -2.39. The summed E-state index contributed by atoms with van der Waals surface area (Å²) in [6.07, 6.45) is 2.32. The molecule has 1 heterocycles. The molecule has 1 fully saturated rings. The van der Waals surface area contributed by atoms with E-state index in [0.717, 1.165) is 38.4 Å². The van der Waals surface area contributed by atoms with Crippen LogP contribution in [0.1, 0.15) is 25.3 Å². The van der Waals surface area contributed by atoms with Crippen LogP contribution in [0.25, 0.3) is 0 Å². The standard InChI is InChI=1S/C15H21F2N3O.HI/c1-2-18-15(20-9-5-6-10-20)19-11-12-7-3-4-8-13(12)21-14(16)17;/h3-4,7-8,14H,2,5-6,9-11H2,1H3,(H,18,19);1H. The van der Waals surface area contributed by atoms with Gasteiger partial charge in [-0.05, 0) is 25.8 Å². The molecular formula is C15H22F2IN3O. The molecular weight excluding hydrogens is 403 g/mol. The van der Waals surface area contributed by atoms with Gasteiger partial charge in [0.05, 0.1) is 6.54 Å². The number of hydrogen-bond donors (Lipinski definition) is 1. The summed E-state index contributed by atoms with van der Waals surface area (Å²) in [5.41, 5.74) is 0.660. The Morgan fingerprint density at radius 3 is 2.64 bits per heavy atom. The minimum Gasteiger partial charge on any atom is -0.434 e. The fraction of sp³-hybridized carbons (Fsp3) is 0.533. The smallest absolute Gasteiger partial charge is 0.387 e. The van der Waals surface area contributed by atoms with E-state index in [4.69, 9.17) is 0 Å². The molecule has 0 aromatic heterocycles. The Morgan fingerprint density at radius 1 is 1.32 bits per heavy atom. The van der Waals surface area contributed by atoms with Crippen molar-refractivity contribution in [1.82, 2.24) is 10.2 Å². The lowest BCUT2D eigenvalue weighted by molar-refractivity contribution is -0.0504. The average Bonchev–Trinajstić information content (AvgIpc) is 2.98. The first-order valence-corrected chi connectivity index (χ1v) is 7.26. The van der Waals surface area contributed by atoms with Gasteiger partial charge in [0.2, 0.25) is 0 Å². The molecule has 0 atom stereocenters. The first kappa shape index (κ1) is 18.9. The quantitative estimate of drug-likeness (QED) is 0.446. The van der Waals surface area contributed by atoms with Gasteiger partial charge in [-0.3, -0.25) is 0 Å². The van der Waals surface area contributed by atoms with Crippen molar-refractivity contribution in [3.63, 3.8) is 0 Å². The minimum atomic E-state index is -2.82. The maximum absolute atomic E-state index is 12.4. The summed E-state index contributed by atoms with van der Waals surface area (Å²) >= 11 is 0. The molecule has 0 bridgehead atoms. The summed E-state index contributed by atoms with van der Waals surface area (Å²) in [5, 5.41) is 3.24. The molecule has 0 radical (unpaired) electrons. The second-order valence-electron chi connectivity index (χ2n) is 4.85. The topological polar surface area (TPSA) is 36.9 Å². The van der Waals surface area contributed by atoms with Crippen molar-refractivity contribution in [3.8, 4) is 5.75 Å². The summed E-state index contributed by atoms with van der Waals surface area (Å²) < 4.78 is 29.3. The Kier molecular flexibility index (Phi) is 8.44. The van der Waals surface area contributed by atoms with Crippen molar-refractivity contribution in [2.75, 3.05) is 19.6 Å². The van der Waals surface area contributed by atoms with Gasteiger partial charge in [-0.15, -0.1) is 24.0 Å². The number of alkyl halides is 2. The highest BCUT2D eigenvalue weighted by Crippen LogP contribution is 2.21. The number of nitrogens with zero attached hydrogens (tertiary/aromatic N) is 2. The molecule has 0 unspecified atom stereocenters. The van der Waals surface area contributed by atoms with Crippen molar-refractivity contribution in [1.29, 1.82) is 0 Å². The Bertz CT molecular complexity index is 480. The molecule has 4 nitrogen and oxygen atoms in total. The zero-order valence-corrected chi connectivity index (χ0v) is 14.9. The first-order valence-electron chi connectivity index (χ1n) is 7.26. The van der Waals surface area contributed by atoms with E-state index in [-0.39, 0.29) is 29.7 Å². The fourth-order valence-corrected chi connectivity index (χ4v) is 2.36. The third-order valence-electron chi connectivity index (χ3n) is 3.33. The van der Waals surface area contributed by atoms with Crippen LogP contribution in [0, 0.1) is 0 Å². The van der Waals surface area contributed by atoms with Crippen LogP contribution in [0.3, 0.4) is 0 Å². The van der Waals surface area contributed by atoms with E-state index in [1.54, 1.807) is 24.3 Å². The van der Waals surface area contributed by atoms with Gasteiger partial charge < -0.3 is 15.0 Å². The van der Waals surface area contributed by atoms with E-state index in [0.29, 0.717) is 12.1 Å². The SMILES string of the molecule is CCNC(=NCc1ccccc1OC(F)F)N1CCCC1.I. The highest BCUT2D eigenvalue weighted by Gasteiger charge is 2.16. The van der Waals surface area contributed by atoms with E-state index in [1.165, 1.54) is 0 Å². The summed E-state index contributed by atoms with van der Waals surface area (Å²) in [5.74, 6) is 1.02. The molecule has 0 spiro atoms. The van der Waals surface area contributed by atoms with Crippen LogP contribution in [0.15, 0.2) is 29.3 Å². The fourth-order valence-electron chi connectivity index (χ4n) is 2.36. The van der Waals surface area contributed by atoms with Crippen LogP contribution < -0.4 is 10.1 Å². The van der Waals surface area contributed by atoms with Crippen molar-refractivity contribution in [3.05, 3.63) is 29.8 Å². The summed E-state index contributed by atoms with van der Waals surface area (Å²) in [4.78, 5) is 6.73. The molecule has 1 N–H and O–H groups in total. The number of rotatable bonds is 5. The molecule has 2 rings (SSSR count). The molecule has 1 aliphatic heterocycles. The Hall–Kier alpha value is -1.12. The van der Waals surface area contributed by atoms with E-state index in [2.05, 4.69) is 19.9 Å². The minimum absolute atomic E-state index is 0. The first-order chi connectivity index (χ1) is 10.2. The van der Waals surface area contributed by atoms with Gasteiger partial charge in [0, 0.05) is 25.2 Å². The van der Waals surface area contributed by atoms with Crippen LogP contribution in [-0.2, 0) is 6.54 Å². The van der Waals surface area contributed by atoms with Crippen LogP contribution in [0.2, 0.25) is 0 Å². The number of nitrogens with one attached hydrogen (secondary N) is 1. The van der Waals surface area contributed by atoms with Gasteiger partial charge in [-0.2, -0.15) is 8.78 Å². The highest BCUT2D eigenvalue weighted by molar-refractivity contribution is 14.0. The third kappa shape index (κ3) is 5.58. The van der Waals surface area contributed by atoms with Crippen molar-refractivity contribution in [2.45, 2.75) is 32.9 Å². The van der Waals surface area contributed by atoms with Gasteiger partial charge in [0.25, 0.3) is 0 Å². The second-order valence-corrected chi connectivity index (χ2v) is 4.85. The van der Waals surface area contributed by atoms with Gasteiger partial charge in [0.1, 0.15) is 5.75 Å². The van der Waals surface area contributed by atoms with Crippen LogP contribution >= 0.6 is 24.0 Å². The Labute approximate surface area is 147 Å². The van der Waals surface area contributed by atoms with E-state index >= 15 is 0 Å². The molecule has 22 heavy (non-hydrogen) atoms. The molecule has 124 valence electrons. The largest absolute Gasteiger partial charge is 0.434 e. The Morgan fingerprint density at radius 2 is 2.00 bits per heavy atom. The van der Waals surface area contributed by atoms with Gasteiger partial charge in [0.15, 0.2) is 5.96 Å². The van der Waals surface area contributed by atoms with E-state index in [1.807, 2.05) is 6.92 Å². The number of benzene rings is 1. The van der Waals surface area contributed by atoms with Crippen molar-refractivity contribution < 1.29 is 13.5 Å². The number of halogens is 3. The number of guanidine groups is 1. The lowest BCUT2D eigenvalue weighted by Gasteiger charge is -2.21. The Balaban J connectivity index is 0.00000242. The second kappa shape index (κ2) is 9.81.